The molecule has 0 aliphatic heterocycles. The van der Waals surface area contributed by atoms with Crippen LogP contribution in [0.5, 0.6) is 0 Å². The Labute approximate surface area is 180 Å². The summed E-state index contributed by atoms with van der Waals surface area (Å²) in [6.07, 6.45) is 3.26. The van der Waals surface area contributed by atoms with Gasteiger partial charge in [-0.15, -0.1) is 10.2 Å². The Morgan fingerprint density at radius 3 is 2.55 bits per heavy atom. The maximum absolute atomic E-state index is 11.9. The number of aryl methyl sites for hydroxylation is 1. The molecule has 168 valence electrons. The SMILES string of the molecule is COC(=O)c1cc(-c2nnn(C[C@H]3CC[C@H](NC(=O)OC(C)(C)C)CC3)n2)nc(C)n1. The van der Waals surface area contributed by atoms with Gasteiger partial charge in [0.15, 0.2) is 5.69 Å². The van der Waals surface area contributed by atoms with Crippen molar-refractivity contribution in [2.75, 3.05) is 7.11 Å². The average Bonchev–Trinajstić information content (AvgIpc) is 3.15. The highest BCUT2D eigenvalue weighted by molar-refractivity contribution is 5.88. The number of tetrazole rings is 1. The van der Waals surface area contributed by atoms with Crippen molar-refractivity contribution in [1.82, 2.24) is 35.5 Å². The van der Waals surface area contributed by atoms with Crippen molar-refractivity contribution >= 4 is 12.1 Å². The molecular weight excluding hydrogens is 402 g/mol. The fourth-order valence-electron chi connectivity index (χ4n) is 3.51. The van der Waals surface area contributed by atoms with E-state index in [1.165, 1.54) is 13.2 Å². The molecular formula is C20H29N7O4. The number of esters is 1. The molecule has 1 aliphatic rings. The van der Waals surface area contributed by atoms with Gasteiger partial charge in [-0.3, -0.25) is 0 Å². The molecule has 0 radical (unpaired) electrons. The molecule has 1 aliphatic carbocycles. The number of hydrogen-bond donors (Lipinski definition) is 1. The highest BCUT2D eigenvalue weighted by atomic mass is 16.6. The number of carbonyl (C=O) groups is 2. The van der Waals surface area contributed by atoms with Gasteiger partial charge < -0.3 is 14.8 Å². The lowest BCUT2D eigenvalue weighted by atomic mass is 9.86. The van der Waals surface area contributed by atoms with Crippen molar-refractivity contribution in [1.29, 1.82) is 0 Å². The van der Waals surface area contributed by atoms with E-state index < -0.39 is 11.6 Å². The summed E-state index contributed by atoms with van der Waals surface area (Å²) < 4.78 is 10.0. The molecule has 0 saturated heterocycles. The van der Waals surface area contributed by atoms with Crippen LogP contribution < -0.4 is 5.32 Å². The quantitative estimate of drug-likeness (QED) is 0.708. The third-order valence-corrected chi connectivity index (χ3v) is 4.90. The monoisotopic (exact) mass is 431 g/mol. The van der Waals surface area contributed by atoms with E-state index >= 15 is 0 Å². The smallest absolute Gasteiger partial charge is 0.407 e. The lowest BCUT2D eigenvalue weighted by Crippen LogP contribution is -2.41. The zero-order valence-electron chi connectivity index (χ0n) is 18.6. The third-order valence-electron chi connectivity index (χ3n) is 4.90. The van der Waals surface area contributed by atoms with Crippen LogP contribution in [0.3, 0.4) is 0 Å². The molecule has 1 saturated carbocycles. The summed E-state index contributed by atoms with van der Waals surface area (Å²) in [5.41, 5.74) is 0.0685. The average molecular weight is 431 g/mol. The largest absolute Gasteiger partial charge is 0.464 e. The van der Waals surface area contributed by atoms with Crippen LogP contribution in [0.4, 0.5) is 4.79 Å². The molecule has 1 N–H and O–H groups in total. The Bertz CT molecular complexity index is 930. The third kappa shape index (κ3) is 6.43. The van der Waals surface area contributed by atoms with Crippen LogP contribution in [-0.2, 0) is 16.0 Å². The second-order valence-electron chi connectivity index (χ2n) is 8.71. The fourth-order valence-corrected chi connectivity index (χ4v) is 3.51. The first-order chi connectivity index (χ1) is 14.6. The molecule has 2 aromatic rings. The summed E-state index contributed by atoms with van der Waals surface area (Å²) in [4.78, 5) is 33.6. The zero-order valence-corrected chi connectivity index (χ0v) is 18.6. The Morgan fingerprint density at radius 2 is 1.90 bits per heavy atom. The van der Waals surface area contributed by atoms with Crippen LogP contribution in [0, 0.1) is 12.8 Å². The molecule has 11 heteroatoms. The highest BCUT2D eigenvalue weighted by Crippen LogP contribution is 2.26. The molecule has 3 rings (SSSR count). The Balaban J connectivity index is 1.55. The molecule has 1 fully saturated rings. The number of ether oxygens (including phenoxy) is 2. The van der Waals surface area contributed by atoms with Gasteiger partial charge in [0.1, 0.15) is 17.1 Å². The van der Waals surface area contributed by atoms with Crippen molar-refractivity contribution in [3.05, 3.63) is 17.6 Å². The summed E-state index contributed by atoms with van der Waals surface area (Å²) in [6.45, 7) is 7.86. The molecule has 31 heavy (non-hydrogen) atoms. The van der Waals surface area contributed by atoms with Gasteiger partial charge in [-0.05, 0) is 64.5 Å². The van der Waals surface area contributed by atoms with E-state index in [4.69, 9.17) is 9.47 Å². The molecule has 0 unspecified atom stereocenters. The predicted octanol–water partition coefficient (Wildman–Crippen LogP) is 2.31. The predicted molar refractivity (Wildman–Crippen MR) is 110 cm³/mol. The lowest BCUT2D eigenvalue weighted by molar-refractivity contribution is 0.0484. The molecule has 11 nitrogen and oxygen atoms in total. The van der Waals surface area contributed by atoms with Crippen molar-refractivity contribution in [2.45, 2.75) is 71.6 Å². The Kier molecular flexibility index (Phi) is 6.81. The van der Waals surface area contributed by atoms with E-state index in [0.29, 0.717) is 29.8 Å². The normalized spacial score (nSPS) is 19.0. The Hall–Kier alpha value is -3.11. The molecule has 1 amide bonds. The van der Waals surface area contributed by atoms with Gasteiger partial charge in [0.25, 0.3) is 0 Å². The highest BCUT2D eigenvalue weighted by Gasteiger charge is 2.25. The van der Waals surface area contributed by atoms with E-state index in [1.54, 1.807) is 11.7 Å². The summed E-state index contributed by atoms with van der Waals surface area (Å²) in [5, 5.41) is 15.6. The van der Waals surface area contributed by atoms with Crippen LogP contribution >= 0.6 is 0 Å². The second kappa shape index (κ2) is 9.36. The first-order valence-electron chi connectivity index (χ1n) is 10.3. The minimum absolute atomic E-state index is 0.117. The van der Waals surface area contributed by atoms with Crippen LogP contribution in [-0.4, -0.2) is 61.0 Å². The van der Waals surface area contributed by atoms with Gasteiger partial charge in [-0.25, -0.2) is 19.6 Å². The summed E-state index contributed by atoms with van der Waals surface area (Å²) in [7, 11) is 1.30. The summed E-state index contributed by atoms with van der Waals surface area (Å²) in [5.74, 6) is 0.591. The van der Waals surface area contributed by atoms with E-state index in [0.717, 1.165) is 25.7 Å². The molecule has 0 atom stereocenters. The van der Waals surface area contributed by atoms with Gasteiger partial charge in [-0.2, -0.15) is 4.80 Å². The molecule has 0 spiro atoms. The molecule has 2 heterocycles. The minimum atomic E-state index is -0.545. The number of rotatable bonds is 5. The lowest BCUT2D eigenvalue weighted by Gasteiger charge is -2.29. The van der Waals surface area contributed by atoms with E-state index in [-0.39, 0.29) is 17.8 Å². The van der Waals surface area contributed by atoms with Crippen LogP contribution in [0.2, 0.25) is 0 Å². The van der Waals surface area contributed by atoms with Crippen molar-refractivity contribution in [2.24, 2.45) is 5.92 Å². The first-order valence-corrected chi connectivity index (χ1v) is 10.3. The van der Waals surface area contributed by atoms with E-state index in [1.807, 2.05) is 20.8 Å². The number of methoxy groups -OCH3 is 1. The zero-order chi connectivity index (χ0) is 22.6. The van der Waals surface area contributed by atoms with Gasteiger partial charge in [0.2, 0.25) is 5.82 Å². The van der Waals surface area contributed by atoms with Gasteiger partial charge in [0.05, 0.1) is 13.7 Å². The molecule has 2 aromatic heterocycles. The number of aromatic nitrogens is 6. The summed E-state index contributed by atoms with van der Waals surface area (Å²) >= 11 is 0. The topological polar surface area (TPSA) is 134 Å². The fraction of sp³-hybridized carbons (Fsp3) is 0.650. The maximum Gasteiger partial charge on any atom is 0.407 e. The minimum Gasteiger partial charge on any atom is -0.464 e. The van der Waals surface area contributed by atoms with Crippen LogP contribution in [0.15, 0.2) is 6.07 Å². The van der Waals surface area contributed by atoms with Crippen LogP contribution in [0.25, 0.3) is 11.5 Å². The van der Waals surface area contributed by atoms with E-state index in [9.17, 15) is 9.59 Å². The van der Waals surface area contributed by atoms with Crippen molar-refractivity contribution in [3.63, 3.8) is 0 Å². The van der Waals surface area contributed by atoms with E-state index in [2.05, 4.69) is 30.7 Å². The number of nitrogens with one attached hydrogen (secondary N) is 1. The number of alkyl carbamates (subject to hydrolysis) is 1. The molecule has 0 aromatic carbocycles. The summed E-state index contributed by atoms with van der Waals surface area (Å²) in [6, 6.07) is 1.61. The van der Waals surface area contributed by atoms with Gasteiger partial charge in [0, 0.05) is 12.1 Å². The standard InChI is InChI=1S/C20H29N7O4/c1-12-21-15(10-16(22-12)18(28)30-5)17-24-26-27(25-17)11-13-6-8-14(9-7-13)23-19(29)31-20(2,3)4/h10,13-14H,6-9,11H2,1-5H3,(H,23,29)/t13-,14-. The van der Waals surface area contributed by atoms with Crippen LogP contribution in [0.1, 0.15) is 62.8 Å². The second-order valence-corrected chi connectivity index (χ2v) is 8.71. The number of hydrogen-bond acceptors (Lipinski definition) is 9. The van der Waals surface area contributed by atoms with Gasteiger partial charge in [-0.1, -0.05) is 0 Å². The number of carbonyl (C=O) groups excluding carboxylic acids is 2. The number of nitrogens with zero attached hydrogens (tertiary/aromatic N) is 6. The Morgan fingerprint density at radius 1 is 1.19 bits per heavy atom. The van der Waals surface area contributed by atoms with Crippen molar-refractivity contribution < 1.29 is 19.1 Å². The number of amides is 1. The maximum atomic E-state index is 11.9. The van der Waals surface area contributed by atoms with Gasteiger partial charge >= 0.3 is 12.1 Å². The molecule has 0 bridgehead atoms. The first kappa shape index (κ1) is 22.6. The van der Waals surface area contributed by atoms with Crippen molar-refractivity contribution in [3.8, 4) is 11.5 Å².